The summed E-state index contributed by atoms with van der Waals surface area (Å²) in [6.07, 6.45) is 4.06. The Morgan fingerprint density at radius 1 is 1.35 bits per heavy atom. The van der Waals surface area contributed by atoms with Crippen molar-refractivity contribution < 1.29 is 9.50 Å². The number of aliphatic hydroxyl groups is 1. The lowest BCUT2D eigenvalue weighted by atomic mass is 10.1. The van der Waals surface area contributed by atoms with Crippen LogP contribution in [0.2, 0.25) is 0 Å². The Morgan fingerprint density at radius 3 is 2.94 bits per heavy atom. The van der Waals surface area contributed by atoms with Crippen LogP contribution in [0.25, 0.3) is 0 Å². The molecule has 2 N–H and O–H groups in total. The Morgan fingerprint density at radius 2 is 2.18 bits per heavy atom. The Bertz CT molecular complexity index is 417. The molecule has 3 heteroatoms. The van der Waals surface area contributed by atoms with Gasteiger partial charge in [0.15, 0.2) is 0 Å². The van der Waals surface area contributed by atoms with Gasteiger partial charge in [-0.15, -0.1) is 0 Å². The highest BCUT2D eigenvalue weighted by molar-refractivity contribution is 5.34. The van der Waals surface area contributed by atoms with Crippen LogP contribution in [-0.4, -0.2) is 17.8 Å². The standard InChI is InChI=1S/C14H18FNO/c15-11-4-5-12-10(7-11)3-6-13(12)16-8-14(17)9-1-2-9/h4-5,7,9,13-14,16-17H,1-3,6,8H2. The zero-order chi connectivity index (χ0) is 11.8. The molecule has 1 aromatic carbocycles. The number of halogens is 1. The minimum atomic E-state index is -0.209. The van der Waals surface area contributed by atoms with Gasteiger partial charge < -0.3 is 10.4 Å². The van der Waals surface area contributed by atoms with Gasteiger partial charge in [-0.05, 0) is 54.9 Å². The largest absolute Gasteiger partial charge is 0.392 e. The molecule has 2 aliphatic carbocycles. The van der Waals surface area contributed by atoms with Crippen molar-refractivity contribution in [1.29, 1.82) is 0 Å². The van der Waals surface area contributed by atoms with Crippen molar-refractivity contribution in [3.63, 3.8) is 0 Å². The van der Waals surface area contributed by atoms with Gasteiger partial charge in [0.2, 0.25) is 0 Å². The summed E-state index contributed by atoms with van der Waals surface area (Å²) in [7, 11) is 0. The van der Waals surface area contributed by atoms with Crippen molar-refractivity contribution in [3.8, 4) is 0 Å². The van der Waals surface area contributed by atoms with Crippen molar-refractivity contribution in [1.82, 2.24) is 5.32 Å². The summed E-state index contributed by atoms with van der Waals surface area (Å²) in [6.45, 7) is 0.659. The van der Waals surface area contributed by atoms with Crippen LogP contribution in [0.4, 0.5) is 4.39 Å². The summed E-state index contributed by atoms with van der Waals surface area (Å²) >= 11 is 0. The molecular formula is C14H18FNO. The fourth-order valence-corrected chi connectivity index (χ4v) is 2.71. The minimum absolute atomic E-state index is 0.151. The molecule has 2 unspecified atom stereocenters. The Labute approximate surface area is 101 Å². The molecule has 1 fully saturated rings. The maximum absolute atomic E-state index is 13.1. The predicted octanol–water partition coefficient (Wildman–Crippen LogP) is 2.17. The zero-order valence-corrected chi connectivity index (χ0v) is 9.82. The summed E-state index contributed by atoms with van der Waals surface area (Å²) in [5.74, 6) is 0.360. The quantitative estimate of drug-likeness (QED) is 0.838. The molecular weight excluding hydrogens is 217 g/mol. The first-order valence-electron chi connectivity index (χ1n) is 6.44. The summed E-state index contributed by atoms with van der Waals surface area (Å²) < 4.78 is 13.1. The second kappa shape index (κ2) is 4.39. The van der Waals surface area contributed by atoms with E-state index < -0.39 is 0 Å². The Hall–Kier alpha value is -0.930. The topological polar surface area (TPSA) is 32.3 Å². The molecule has 17 heavy (non-hydrogen) atoms. The first-order valence-corrected chi connectivity index (χ1v) is 6.44. The van der Waals surface area contributed by atoms with E-state index in [0.717, 1.165) is 31.2 Å². The maximum Gasteiger partial charge on any atom is 0.123 e. The number of fused-ring (bicyclic) bond motifs is 1. The Balaban J connectivity index is 1.62. The molecule has 0 amide bonds. The molecule has 2 aliphatic rings. The Kier molecular flexibility index (Phi) is 2.89. The van der Waals surface area contributed by atoms with E-state index in [9.17, 15) is 9.50 Å². The summed E-state index contributed by atoms with van der Waals surface area (Å²) in [5, 5.41) is 13.2. The highest BCUT2D eigenvalue weighted by Gasteiger charge is 2.30. The summed E-state index contributed by atoms with van der Waals surface area (Å²) in [6, 6.07) is 5.32. The third kappa shape index (κ3) is 2.35. The molecule has 2 nitrogen and oxygen atoms in total. The molecule has 0 aromatic heterocycles. The second-order valence-corrected chi connectivity index (χ2v) is 5.25. The van der Waals surface area contributed by atoms with E-state index in [2.05, 4.69) is 5.32 Å². The number of hydrogen-bond donors (Lipinski definition) is 2. The van der Waals surface area contributed by atoms with E-state index in [1.165, 1.54) is 11.6 Å². The number of nitrogens with one attached hydrogen (secondary N) is 1. The average Bonchev–Trinajstić information content (AvgIpc) is 3.08. The van der Waals surface area contributed by atoms with Crippen LogP contribution in [-0.2, 0) is 6.42 Å². The summed E-state index contributed by atoms with van der Waals surface area (Å²) in [5.41, 5.74) is 2.32. The molecule has 3 rings (SSSR count). The molecule has 2 atom stereocenters. The van der Waals surface area contributed by atoms with Crippen LogP contribution < -0.4 is 5.32 Å². The predicted molar refractivity (Wildman–Crippen MR) is 64.2 cm³/mol. The van der Waals surface area contributed by atoms with E-state index in [1.54, 1.807) is 6.07 Å². The van der Waals surface area contributed by atoms with Gasteiger partial charge in [0, 0.05) is 12.6 Å². The second-order valence-electron chi connectivity index (χ2n) is 5.25. The van der Waals surface area contributed by atoms with Gasteiger partial charge in [0.05, 0.1) is 6.10 Å². The van der Waals surface area contributed by atoms with Crippen LogP contribution in [0.3, 0.4) is 0 Å². The van der Waals surface area contributed by atoms with E-state index in [4.69, 9.17) is 0 Å². The molecule has 0 aliphatic heterocycles. The third-order valence-electron chi connectivity index (χ3n) is 3.92. The lowest BCUT2D eigenvalue weighted by Crippen LogP contribution is -2.30. The van der Waals surface area contributed by atoms with Gasteiger partial charge in [-0.1, -0.05) is 6.07 Å². The summed E-state index contributed by atoms with van der Waals surface area (Å²) in [4.78, 5) is 0. The zero-order valence-electron chi connectivity index (χ0n) is 9.82. The maximum atomic E-state index is 13.1. The van der Waals surface area contributed by atoms with Gasteiger partial charge in [0.1, 0.15) is 5.82 Å². The number of hydrogen-bond acceptors (Lipinski definition) is 2. The fraction of sp³-hybridized carbons (Fsp3) is 0.571. The fourth-order valence-electron chi connectivity index (χ4n) is 2.71. The molecule has 0 radical (unpaired) electrons. The van der Waals surface area contributed by atoms with Gasteiger partial charge >= 0.3 is 0 Å². The number of benzene rings is 1. The van der Waals surface area contributed by atoms with Crippen LogP contribution in [0, 0.1) is 11.7 Å². The normalized spacial score (nSPS) is 24.7. The smallest absolute Gasteiger partial charge is 0.123 e. The molecule has 0 bridgehead atoms. The number of rotatable bonds is 4. The van der Waals surface area contributed by atoms with Gasteiger partial charge in [-0.2, -0.15) is 0 Å². The monoisotopic (exact) mass is 235 g/mol. The molecule has 0 saturated heterocycles. The van der Waals surface area contributed by atoms with E-state index >= 15 is 0 Å². The third-order valence-corrected chi connectivity index (χ3v) is 3.92. The minimum Gasteiger partial charge on any atom is -0.392 e. The van der Waals surface area contributed by atoms with Gasteiger partial charge in [-0.25, -0.2) is 4.39 Å². The van der Waals surface area contributed by atoms with E-state index in [-0.39, 0.29) is 11.9 Å². The first-order chi connectivity index (χ1) is 8.24. The number of aliphatic hydroxyl groups excluding tert-OH is 1. The molecule has 0 heterocycles. The van der Waals surface area contributed by atoms with Crippen LogP contribution in [0.15, 0.2) is 18.2 Å². The molecule has 1 aromatic rings. The van der Waals surface area contributed by atoms with Crippen molar-refractivity contribution in [2.45, 2.75) is 37.8 Å². The van der Waals surface area contributed by atoms with E-state index in [0.29, 0.717) is 18.5 Å². The molecule has 0 spiro atoms. The van der Waals surface area contributed by atoms with Crippen molar-refractivity contribution in [3.05, 3.63) is 35.1 Å². The average molecular weight is 235 g/mol. The van der Waals surface area contributed by atoms with E-state index in [1.807, 2.05) is 6.07 Å². The van der Waals surface area contributed by atoms with Crippen LogP contribution >= 0.6 is 0 Å². The van der Waals surface area contributed by atoms with Crippen molar-refractivity contribution in [2.75, 3.05) is 6.54 Å². The SMILES string of the molecule is OC(CNC1CCc2cc(F)ccc21)C1CC1. The highest BCUT2D eigenvalue weighted by atomic mass is 19.1. The molecule has 92 valence electrons. The molecule has 1 saturated carbocycles. The van der Waals surface area contributed by atoms with Crippen molar-refractivity contribution >= 4 is 0 Å². The van der Waals surface area contributed by atoms with Crippen LogP contribution in [0.1, 0.15) is 36.4 Å². The lowest BCUT2D eigenvalue weighted by Gasteiger charge is -2.17. The van der Waals surface area contributed by atoms with Crippen LogP contribution in [0.5, 0.6) is 0 Å². The number of aryl methyl sites for hydroxylation is 1. The lowest BCUT2D eigenvalue weighted by molar-refractivity contribution is 0.144. The highest BCUT2D eigenvalue weighted by Crippen LogP contribution is 2.34. The van der Waals surface area contributed by atoms with Gasteiger partial charge in [0.25, 0.3) is 0 Å². The first kappa shape index (κ1) is 11.2. The van der Waals surface area contributed by atoms with Gasteiger partial charge in [-0.3, -0.25) is 0 Å². The van der Waals surface area contributed by atoms with Crippen molar-refractivity contribution in [2.24, 2.45) is 5.92 Å².